The molecule has 3 nitrogen and oxygen atoms in total. The summed E-state index contributed by atoms with van der Waals surface area (Å²) in [7, 11) is 0. The fourth-order valence-corrected chi connectivity index (χ4v) is 2.85. The van der Waals surface area contributed by atoms with Crippen molar-refractivity contribution < 1.29 is 9.59 Å². The van der Waals surface area contributed by atoms with E-state index in [1.54, 1.807) is 6.07 Å². The molecule has 0 bridgehead atoms. The summed E-state index contributed by atoms with van der Waals surface area (Å²) >= 11 is 1.45. The lowest BCUT2D eigenvalue weighted by Gasteiger charge is -2.03. The van der Waals surface area contributed by atoms with Gasteiger partial charge in [-0.15, -0.1) is 11.3 Å². The summed E-state index contributed by atoms with van der Waals surface area (Å²) in [6, 6.07) is 3.64. The standard InChI is InChI=1S/C12H23NO.C5H4OS/c14-12-10-8-6-4-2-1-3-5-7-9-11-13-12;6-4-5-2-1-3-7-5/h1-11H2,(H,13,14);1-4H. The third kappa shape index (κ3) is 10.2. The van der Waals surface area contributed by atoms with Crippen LogP contribution in [-0.2, 0) is 4.79 Å². The fraction of sp³-hybridized carbons (Fsp3) is 0.647. The minimum atomic E-state index is 0.254. The molecule has 0 spiro atoms. The summed E-state index contributed by atoms with van der Waals surface area (Å²) in [6.07, 6.45) is 13.1. The molecule has 0 aromatic carbocycles. The molecule has 1 aromatic heterocycles. The van der Waals surface area contributed by atoms with E-state index in [1.807, 2.05) is 11.4 Å². The second kappa shape index (κ2) is 12.6. The van der Waals surface area contributed by atoms with Gasteiger partial charge in [0, 0.05) is 13.0 Å². The smallest absolute Gasteiger partial charge is 0.219 e. The van der Waals surface area contributed by atoms with E-state index < -0.39 is 0 Å². The maximum Gasteiger partial charge on any atom is 0.219 e. The first kappa shape index (κ1) is 17.9. The Morgan fingerprint density at radius 1 is 0.952 bits per heavy atom. The van der Waals surface area contributed by atoms with Crippen LogP contribution in [-0.4, -0.2) is 18.7 Å². The highest BCUT2D eigenvalue weighted by molar-refractivity contribution is 7.11. The Hall–Kier alpha value is -1.16. The third-order valence-corrected chi connectivity index (χ3v) is 4.36. The number of amides is 1. The van der Waals surface area contributed by atoms with Gasteiger partial charge in [0.2, 0.25) is 5.91 Å². The number of hydrogen-bond donors (Lipinski definition) is 1. The molecule has 1 N–H and O–H groups in total. The molecular formula is C17H27NO2S. The minimum absolute atomic E-state index is 0.254. The largest absolute Gasteiger partial charge is 0.356 e. The van der Waals surface area contributed by atoms with Crippen LogP contribution in [0.5, 0.6) is 0 Å². The highest BCUT2D eigenvalue weighted by Gasteiger charge is 2.01. The van der Waals surface area contributed by atoms with Gasteiger partial charge in [-0.25, -0.2) is 0 Å². The van der Waals surface area contributed by atoms with Gasteiger partial charge in [0.15, 0.2) is 6.29 Å². The van der Waals surface area contributed by atoms with Crippen molar-refractivity contribution in [2.24, 2.45) is 0 Å². The number of carbonyl (C=O) groups is 2. The van der Waals surface area contributed by atoms with Gasteiger partial charge in [-0.2, -0.15) is 0 Å². The summed E-state index contributed by atoms with van der Waals surface area (Å²) in [5, 5.41) is 4.86. The predicted molar refractivity (Wildman–Crippen MR) is 88.9 cm³/mol. The molecule has 4 heteroatoms. The van der Waals surface area contributed by atoms with Crippen LogP contribution in [0.15, 0.2) is 17.5 Å². The zero-order valence-electron chi connectivity index (χ0n) is 12.8. The van der Waals surface area contributed by atoms with E-state index in [0.29, 0.717) is 0 Å². The summed E-state index contributed by atoms with van der Waals surface area (Å²) in [5.74, 6) is 0.254. The van der Waals surface area contributed by atoms with E-state index in [0.717, 1.165) is 37.0 Å². The molecule has 0 aliphatic carbocycles. The van der Waals surface area contributed by atoms with Crippen LogP contribution in [0.2, 0.25) is 0 Å². The van der Waals surface area contributed by atoms with Crippen LogP contribution in [0.25, 0.3) is 0 Å². The van der Waals surface area contributed by atoms with Crippen molar-refractivity contribution in [1.29, 1.82) is 0 Å². The van der Waals surface area contributed by atoms with Gasteiger partial charge in [-0.05, 0) is 24.3 Å². The van der Waals surface area contributed by atoms with Crippen LogP contribution in [0.4, 0.5) is 0 Å². The van der Waals surface area contributed by atoms with E-state index in [1.165, 1.54) is 56.3 Å². The Bertz CT molecular complexity index is 360. The van der Waals surface area contributed by atoms with Gasteiger partial charge in [0.1, 0.15) is 0 Å². The third-order valence-electron chi connectivity index (χ3n) is 3.56. The normalized spacial score (nSPS) is 18.0. The van der Waals surface area contributed by atoms with Crippen molar-refractivity contribution in [3.8, 4) is 0 Å². The highest BCUT2D eigenvalue weighted by Crippen LogP contribution is 2.11. The maximum absolute atomic E-state index is 11.3. The topological polar surface area (TPSA) is 46.2 Å². The number of nitrogens with one attached hydrogen (secondary N) is 1. The van der Waals surface area contributed by atoms with Crippen molar-refractivity contribution in [1.82, 2.24) is 5.32 Å². The maximum atomic E-state index is 11.3. The van der Waals surface area contributed by atoms with Crippen molar-refractivity contribution in [2.45, 2.75) is 64.2 Å². The van der Waals surface area contributed by atoms with Crippen molar-refractivity contribution >= 4 is 23.5 Å². The number of carbonyl (C=O) groups excluding carboxylic acids is 2. The average molecular weight is 309 g/mol. The van der Waals surface area contributed by atoms with Crippen LogP contribution in [0.3, 0.4) is 0 Å². The molecular weight excluding hydrogens is 282 g/mol. The lowest BCUT2D eigenvalue weighted by Crippen LogP contribution is -2.23. The Morgan fingerprint density at radius 2 is 1.57 bits per heavy atom. The average Bonchev–Trinajstić information content (AvgIpc) is 3.02. The van der Waals surface area contributed by atoms with Crippen LogP contribution in [0, 0.1) is 0 Å². The Morgan fingerprint density at radius 3 is 2.10 bits per heavy atom. The predicted octanol–water partition coefficient (Wildman–Crippen LogP) is 4.58. The molecule has 1 aromatic rings. The number of hydrogen-bond acceptors (Lipinski definition) is 3. The van der Waals surface area contributed by atoms with Gasteiger partial charge in [-0.3, -0.25) is 9.59 Å². The Balaban J connectivity index is 0.000000262. The first-order valence-electron chi connectivity index (χ1n) is 8.08. The zero-order chi connectivity index (χ0) is 15.2. The lowest BCUT2D eigenvalue weighted by molar-refractivity contribution is -0.121. The minimum Gasteiger partial charge on any atom is -0.356 e. The molecule has 0 radical (unpaired) electrons. The first-order valence-corrected chi connectivity index (χ1v) is 8.96. The molecule has 1 amide bonds. The summed E-state index contributed by atoms with van der Waals surface area (Å²) in [5.41, 5.74) is 0. The van der Waals surface area contributed by atoms with Gasteiger partial charge in [0.25, 0.3) is 0 Å². The van der Waals surface area contributed by atoms with Gasteiger partial charge < -0.3 is 5.32 Å². The summed E-state index contributed by atoms with van der Waals surface area (Å²) < 4.78 is 0. The molecule has 0 saturated carbocycles. The van der Waals surface area contributed by atoms with E-state index >= 15 is 0 Å². The van der Waals surface area contributed by atoms with Crippen molar-refractivity contribution in [3.05, 3.63) is 22.4 Å². The molecule has 0 atom stereocenters. The van der Waals surface area contributed by atoms with Crippen LogP contribution in [0.1, 0.15) is 73.9 Å². The van der Waals surface area contributed by atoms with Crippen LogP contribution >= 0.6 is 11.3 Å². The van der Waals surface area contributed by atoms with Gasteiger partial charge >= 0.3 is 0 Å². The monoisotopic (exact) mass is 309 g/mol. The van der Waals surface area contributed by atoms with Gasteiger partial charge in [0.05, 0.1) is 4.88 Å². The molecule has 21 heavy (non-hydrogen) atoms. The summed E-state index contributed by atoms with van der Waals surface area (Å²) in [4.78, 5) is 21.9. The van der Waals surface area contributed by atoms with Crippen molar-refractivity contribution in [3.63, 3.8) is 0 Å². The Kier molecular flexibility index (Phi) is 10.7. The zero-order valence-corrected chi connectivity index (χ0v) is 13.6. The van der Waals surface area contributed by atoms with E-state index in [-0.39, 0.29) is 5.91 Å². The number of rotatable bonds is 1. The summed E-state index contributed by atoms with van der Waals surface area (Å²) in [6.45, 7) is 0.888. The lowest BCUT2D eigenvalue weighted by atomic mass is 10.1. The van der Waals surface area contributed by atoms with E-state index in [2.05, 4.69) is 5.32 Å². The van der Waals surface area contributed by atoms with Gasteiger partial charge in [-0.1, -0.05) is 51.0 Å². The SMILES string of the molecule is O=C1CCCCCCCCCCCN1.O=Cc1cccs1. The molecule has 0 unspecified atom stereocenters. The molecule has 118 valence electrons. The quantitative estimate of drug-likeness (QED) is 0.772. The molecule has 1 fully saturated rings. The van der Waals surface area contributed by atoms with E-state index in [9.17, 15) is 9.59 Å². The molecule has 1 aliphatic heterocycles. The molecule has 2 rings (SSSR count). The number of aldehydes is 1. The molecule has 2 heterocycles. The second-order valence-corrected chi connectivity index (χ2v) is 6.39. The molecule has 1 saturated heterocycles. The second-order valence-electron chi connectivity index (χ2n) is 5.42. The number of thiophene rings is 1. The van der Waals surface area contributed by atoms with Crippen LogP contribution < -0.4 is 5.32 Å². The highest BCUT2D eigenvalue weighted by atomic mass is 32.1. The van der Waals surface area contributed by atoms with E-state index in [4.69, 9.17) is 0 Å². The molecule has 1 aliphatic rings. The fourth-order valence-electron chi connectivity index (χ4n) is 2.32. The first-order chi connectivity index (χ1) is 10.3. The Labute approximate surface area is 132 Å². The van der Waals surface area contributed by atoms with Crippen molar-refractivity contribution in [2.75, 3.05) is 6.54 Å².